The van der Waals surface area contributed by atoms with E-state index in [1.54, 1.807) is 0 Å². The van der Waals surface area contributed by atoms with Crippen LogP contribution in [-0.4, -0.2) is 18.0 Å². The van der Waals surface area contributed by atoms with Gasteiger partial charge in [-0.25, -0.2) is 0 Å². The molecule has 0 aromatic heterocycles. The molecule has 2 heteroatoms. The summed E-state index contributed by atoms with van der Waals surface area (Å²) in [5, 5.41) is 1.10. The van der Waals surface area contributed by atoms with Crippen molar-refractivity contribution in [2.24, 2.45) is 11.8 Å². The quantitative estimate of drug-likeness (QED) is 0.624. The molecule has 0 rings (SSSR count). The van der Waals surface area contributed by atoms with E-state index in [4.69, 9.17) is 4.74 Å². The zero-order chi connectivity index (χ0) is 10.3. The molecule has 0 saturated carbocycles. The van der Waals surface area contributed by atoms with E-state index in [1.165, 1.54) is 12.8 Å². The van der Waals surface area contributed by atoms with Crippen LogP contribution in [0.15, 0.2) is 0 Å². The molecule has 0 heterocycles. The van der Waals surface area contributed by atoms with Crippen molar-refractivity contribution in [3.8, 4) is 0 Å². The van der Waals surface area contributed by atoms with Gasteiger partial charge in [-0.1, -0.05) is 29.8 Å². The van der Waals surface area contributed by atoms with Crippen LogP contribution in [-0.2, 0) is 4.74 Å². The molecule has 1 nitrogen and oxygen atoms in total. The molecule has 0 aromatic carbocycles. The Balaban J connectivity index is 3.48. The standard InChI is InChI=1S/C11H23BrO/c1-9(2)7-11(8-12)5-6-13-10(3)4/h9-11H,5-8H2,1-4H3. The summed E-state index contributed by atoms with van der Waals surface area (Å²) in [6.45, 7) is 9.63. The average molecular weight is 251 g/mol. The molecule has 0 amide bonds. The summed E-state index contributed by atoms with van der Waals surface area (Å²) in [4.78, 5) is 0. The zero-order valence-corrected chi connectivity index (χ0v) is 10.9. The van der Waals surface area contributed by atoms with Gasteiger partial charge in [0, 0.05) is 11.9 Å². The van der Waals surface area contributed by atoms with E-state index in [2.05, 4.69) is 43.6 Å². The maximum Gasteiger partial charge on any atom is 0.0518 e. The molecule has 0 radical (unpaired) electrons. The van der Waals surface area contributed by atoms with E-state index >= 15 is 0 Å². The molecule has 0 fully saturated rings. The molecule has 0 aliphatic rings. The predicted molar refractivity (Wildman–Crippen MR) is 62.4 cm³/mol. The van der Waals surface area contributed by atoms with Crippen LogP contribution in [0.25, 0.3) is 0 Å². The third-order valence-corrected chi connectivity index (χ3v) is 2.92. The Labute approximate surface area is 91.4 Å². The molecule has 0 bridgehead atoms. The van der Waals surface area contributed by atoms with E-state index in [0.29, 0.717) is 6.10 Å². The Morgan fingerprint density at radius 2 is 1.77 bits per heavy atom. The molecule has 0 aliphatic heterocycles. The largest absolute Gasteiger partial charge is 0.379 e. The lowest BCUT2D eigenvalue weighted by Gasteiger charge is -2.17. The maximum absolute atomic E-state index is 5.53. The summed E-state index contributed by atoms with van der Waals surface area (Å²) in [6, 6.07) is 0. The van der Waals surface area contributed by atoms with Gasteiger partial charge >= 0.3 is 0 Å². The highest BCUT2D eigenvalue weighted by atomic mass is 79.9. The van der Waals surface area contributed by atoms with Gasteiger partial charge in [-0.3, -0.25) is 0 Å². The minimum Gasteiger partial charge on any atom is -0.379 e. The molecule has 0 N–H and O–H groups in total. The van der Waals surface area contributed by atoms with Crippen molar-refractivity contribution in [3.05, 3.63) is 0 Å². The van der Waals surface area contributed by atoms with Crippen molar-refractivity contribution in [2.75, 3.05) is 11.9 Å². The highest BCUT2D eigenvalue weighted by molar-refractivity contribution is 9.09. The number of hydrogen-bond acceptors (Lipinski definition) is 1. The number of rotatable bonds is 7. The Kier molecular flexibility index (Phi) is 8.07. The van der Waals surface area contributed by atoms with Gasteiger partial charge in [-0.05, 0) is 38.5 Å². The number of halogens is 1. The second kappa shape index (κ2) is 7.81. The van der Waals surface area contributed by atoms with Gasteiger partial charge < -0.3 is 4.74 Å². The van der Waals surface area contributed by atoms with Crippen LogP contribution in [0.2, 0.25) is 0 Å². The second-order valence-corrected chi connectivity index (χ2v) is 5.01. The fraction of sp³-hybridized carbons (Fsp3) is 1.00. The first-order chi connectivity index (χ1) is 6.06. The number of ether oxygens (including phenoxy) is 1. The van der Waals surface area contributed by atoms with Crippen LogP contribution < -0.4 is 0 Å². The molecule has 1 unspecified atom stereocenters. The Bertz CT molecular complexity index is 113. The Hall–Kier alpha value is 0.440. The Morgan fingerprint density at radius 1 is 1.15 bits per heavy atom. The smallest absolute Gasteiger partial charge is 0.0518 e. The van der Waals surface area contributed by atoms with Crippen molar-refractivity contribution in [1.82, 2.24) is 0 Å². The van der Waals surface area contributed by atoms with Crippen molar-refractivity contribution in [3.63, 3.8) is 0 Å². The van der Waals surface area contributed by atoms with E-state index in [0.717, 1.165) is 23.8 Å². The first-order valence-corrected chi connectivity index (χ1v) is 6.36. The minimum absolute atomic E-state index is 0.370. The second-order valence-electron chi connectivity index (χ2n) is 4.36. The summed E-state index contributed by atoms with van der Waals surface area (Å²) in [5.41, 5.74) is 0. The molecular weight excluding hydrogens is 228 g/mol. The van der Waals surface area contributed by atoms with Crippen LogP contribution in [0, 0.1) is 11.8 Å². The summed E-state index contributed by atoms with van der Waals surface area (Å²) in [6.07, 6.45) is 2.85. The zero-order valence-electron chi connectivity index (χ0n) is 9.35. The third-order valence-electron chi connectivity index (χ3n) is 2.00. The van der Waals surface area contributed by atoms with Gasteiger partial charge in [0.05, 0.1) is 6.10 Å². The van der Waals surface area contributed by atoms with Crippen LogP contribution in [0.5, 0.6) is 0 Å². The molecule has 0 saturated heterocycles. The molecule has 13 heavy (non-hydrogen) atoms. The molecule has 0 aliphatic carbocycles. The van der Waals surface area contributed by atoms with Crippen LogP contribution >= 0.6 is 15.9 Å². The van der Waals surface area contributed by atoms with E-state index in [1.807, 2.05) is 0 Å². The summed E-state index contributed by atoms with van der Waals surface area (Å²) in [5.74, 6) is 1.57. The van der Waals surface area contributed by atoms with Crippen molar-refractivity contribution in [1.29, 1.82) is 0 Å². The number of alkyl halides is 1. The van der Waals surface area contributed by atoms with Crippen molar-refractivity contribution in [2.45, 2.75) is 46.6 Å². The number of hydrogen-bond donors (Lipinski definition) is 0. The lowest BCUT2D eigenvalue weighted by Crippen LogP contribution is -2.12. The minimum atomic E-state index is 0.370. The Morgan fingerprint density at radius 3 is 2.15 bits per heavy atom. The summed E-state index contributed by atoms with van der Waals surface area (Å²) < 4.78 is 5.53. The monoisotopic (exact) mass is 250 g/mol. The first-order valence-electron chi connectivity index (χ1n) is 5.23. The molecule has 80 valence electrons. The van der Waals surface area contributed by atoms with E-state index in [-0.39, 0.29) is 0 Å². The van der Waals surface area contributed by atoms with Gasteiger partial charge in [0.1, 0.15) is 0 Å². The lowest BCUT2D eigenvalue weighted by molar-refractivity contribution is 0.0686. The predicted octanol–water partition coefficient (Wildman–Crippen LogP) is 3.86. The first kappa shape index (κ1) is 13.4. The van der Waals surface area contributed by atoms with E-state index in [9.17, 15) is 0 Å². The summed E-state index contributed by atoms with van der Waals surface area (Å²) >= 11 is 3.56. The van der Waals surface area contributed by atoms with Gasteiger partial charge in [0.2, 0.25) is 0 Å². The van der Waals surface area contributed by atoms with Gasteiger partial charge in [0.15, 0.2) is 0 Å². The lowest BCUT2D eigenvalue weighted by atomic mass is 9.96. The average Bonchev–Trinajstić information content (AvgIpc) is 2.01. The molecular formula is C11H23BrO. The maximum atomic E-state index is 5.53. The SMILES string of the molecule is CC(C)CC(CBr)CCOC(C)C. The van der Waals surface area contributed by atoms with E-state index < -0.39 is 0 Å². The third kappa shape index (κ3) is 8.76. The van der Waals surface area contributed by atoms with Crippen LogP contribution in [0.4, 0.5) is 0 Å². The highest BCUT2D eigenvalue weighted by Gasteiger charge is 2.09. The van der Waals surface area contributed by atoms with Gasteiger partial charge in [-0.15, -0.1) is 0 Å². The van der Waals surface area contributed by atoms with Crippen LogP contribution in [0.1, 0.15) is 40.5 Å². The van der Waals surface area contributed by atoms with Gasteiger partial charge in [-0.2, -0.15) is 0 Å². The highest BCUT2D eigenvalue weighted by Crippen LogP contribution is 2.17. The molecule has 0 spiro atoms. The topological polar surface area (TPSA) is 9.23 Å². The van der Waals surface area contributed by atoms with Gasteiger partial charge in [0.25, 0.3) is 0 Å². The van der Waals surface area contributed by atoms with Crippen molar-refractivity contribution >= 4 is 15.9 Å². The molecule has 1 atom stereocenters. The normalized spacial score (nSPS) is 14.1. The molecule has 0 aromatic rings. The van der Waals surface area contributed by atoms with Crippen LogP contribution in [0.3, 0.4) is 0 Å². The fourth-order valence-electron chi connectivity index (χ4n) is 1.40. The summed E-state index contributed by atoms with van der Waals surface area (Å²) in [7, 11) is 0. The van der Waals surface area contributed by atoms with Crippen molar-refractivity contribution < 1.29 is 4.74 Å². The fourth-order valence-corrected chi connectivity index (χ4v) is 1.98.